The van der Waals surface area contributed by atoms with E-state index >= 15 is 0 Å². The minimum atomic E-state index is -0.407. The molecule has 5 nitrogen and oxygen atoms in total. The average molecular weight is 439 g/mol. The third-order valence-electron chi connectivity index (χ3n) is 3.83. The first-order valence-electron chi connectivity index (χ1n) is 7.78. The number of halogens is 1. The molecular formula is C18H22IN3O2. The number of nitrogens with zero attached hydrogens (tertiary/aromatic N) is 3. The Hall–Kier alpha value is -1.51. The summed E-state index contributed by atoms with van der Waals surface area (Å²) in [7, 11) is 4.07. The van der Waals surface area contributed by atoms with Gasteiger partial charge in [-0.2, -0.15) is 0 Å². The number of benzene rings is 1. The number of rotatable bonds is 6. The Labute approximate surface area is 159 Å². The fraction of sp³-hybridized carbons (Fsp3) is 0.333. The molecule has 0 saturated heterocycles. The Bertz CT molecular complexity index is 679. The standard InChI is InChI=1S/C18H21N3O2.HI/c1-20(2)12-7-13-23-18-15-9-4-3-8-14(15)17(22)21(18)16-10-5-6-11-19-16;/h3-6,8-11,18H,7,12-13H2,1-2H3;1H. The van der Waals surface area contributed by atoms with E-state index in [1.807, 2.05) is 56.6 Å². The van der Waals surface area contributed by atoms with Crippen molar-refractivity contribution in [1.82, 2.24) is 9.88 Å². The topological polar surface area (TPSA) is 45.7 Å². The van der Waals surface area contributed by atoms with E-state index in [0.29, 0.717) is 18.0 Å². The maximum absolute atomic E-state index is 12.7. The number of carbonyl (C=O) groups excluding carboxylic acids is 1. The summed E-state index contributed by atoms with van der Waals surface area (Å²) in [5.41, 5.74) is 1.60. The van der Waals surface area contributed by atoms with Crippen LogP contribution in [0.15, 0.2) is 48.7 Å². The number of ether oxygens (including phenoxy) is 1. The summed E-state index contributed by atoms with van der Waals surface area (Å²) in [6.45, 7) is 1.54. The Morgan fingerprint density at radius 1 is 1.17 bits per heavy atom. The molecule has 0 fully saturated rings. The van der Waals surface area contributed by atoms with Crippen LogP contribution in [-0.4, -0.2) is 43.0 Å². The van der Waals surface area contributed by atoms with E-state index in [4.69, 9.17) is 4.74 Å². The van der Waals surface area contributed by atoms with Gasteiger partial charge in [0.05, 0.1) is 6.61 Å². The van der Waals surface area contributed by atoms with Crippen molar-refractivity contribution in [1.29, 1.82) is 0 Å². The highest BCUT2D eigenvalue weighted by Crippen LogP contribution is 2.37. The summed E-state index contributed by atoms with van der Waals surface area (Å²) in [5, 5.41) is 0. The molecule has 0 radical (unpaired) electrons. The predicted molar refractivity (Wildman–Crippen MR) is 105 cm³/mol. The number of hydrogen-bond donors (Lipinski definition) is 0. The smallest absolute Gasteiger partial charge is 0.262 e. The van der Waals surface area contributed by atoms with Crippen LogP contribution in [0.5, 0.6) is 0 Å². The minimum Gasteiger partial charge on any atom is -0.353 e. The molecule has 1 aliphatic heterocycles. The van der Waals surface area contributed by atoms with Crippen LogP contribution in [0.1, 0.15) is 28.6 Å². The zero-order valence-corrected chi connectivity index (χ0v) is 16.2. The molecule has 1 unspecified atom stereocenters. The molecule has 24 heavy (non-hydrogen) atoms. The van der Waals surface area contributed by atoms with Gasteiger partial charge in [-0.25, -0.2) is 4.98 Å². The second kappa shape index (κ2) is 8.55. The van der Waals surface area contributed by atoms with E-state index in [2.05, 4.69) is 9.88 Å². The first-order chi connectivity index (χ1) is 11.2. The SMILES string of the molecule is CN(C)CCCOC1c2ccccc2C(=O)N1c1ccccn1.I. The lowest BCUT2D eigenvalue weighted by Gasteiger charge is -2.24. The number of carbonyl (C=O) groups is 1. The second-order valence-corrected chi connectivity index (χ2v) is 5.83. The summed E-state index contributed by atoms with van der Waals surface area (Å²) in [5.74, 6) is 0.559. The molecule has 0 aliphatic carbocycles. The molecule has 0 spiro atoms. The first-order valence-corrected chi connectivity index (χ1v) is 7.78. The van der Waals surface area contributed by atoms with Crippen molar-refractivity contribution in [2.24, 2.45) is 0 Å². The van der Waals surface area contributed by atoms with Crippen molar-refractivity contribution in [2.45, 2.75) is 12.6 Å². The van der Waals surface area contributed by atoms with Gasteiger partial charge in [-0.1, -0.05) is 24.3 Å². The van der Waals surface area contributed by atoms with Gasteiger partial charge in [0.25, 0.3) is 5.91 Å². The molecule has 2 aromatic rings. The van der Waals surface area contributed by atoms with Gasteiger partial charge < -0.3 is 9.64 Å². The Balaban J connectivity index is 0.00000208. The molecule has 1 amide bonds. The molecule has 0 N–H and O–H groups in total. The molecule has 1 aromatic carbocycles. The van der Waals surface area contributed by atoms with Gasteiger partial charge in [-0.3, -0.25) is 9.69 Å². The van der Waals surface area contributed by atoms with E-state index < -0.39 is 6.23 Å². The molecule has 1 aromatic heterocycles. The summed E-state index contributed by atoms with van der Waals surface area (Å²) < 4.78 is 6.06. The van der Waals surface area contributed by atoms with Crippen LogP contribution in [0.2, 0.25) is 0 Å². The monoisotopic (exact) mass is 439 g/mol. The summed E-state index contributed by atoms with van der Waals surface area (Å²) in [4.78, 5) is 20.8. The summed E-state index contributed by atoms with van der Waals surface area (Å²) in [6.07, 6.45) is 2.20. The second-order valence-electron chi connectivity index (χ2n) is 5.83. The van der Waals surface area contributed by atoms with Crippen molar-refractivity contribution in [3.8, 4) is 0 Å². The highest BCUT2D eigenvalue weighted by molar-refractivity contribution is 14.0. The molecule has 3 rings (SSSR count). The van der Waals surface area contributed by atoms with Crippen molar-refractivity contribution in [3.63, 3.8) is 0 Å². The zero-order valence-electron chi connectivity index (χ0n) is 13.9. The Morgan fingerprint density at radius 2 is 1.92 bits per heavy atom. The van der Waals surface area contributed by atoms with Crippen molar-refractivity contribution < 1.29 is 9.53 Å². The molecule has 1 atom stereocenters. The Kier molecular flexibility index (Phi) is 6.70. The fourth-order valence-electron chi connectivity index (χ4n) is 2.74. The van der Waals surface area contributed by atoms with Gasteiger partial charge in [0.1, 0.15) is 5.82 Å². The molecule has 1 aliphatic rings. The van der Waals surface area contributed by atoms with Crippen LogP contribution < -0.4 is 4.90 Å². The van der Waals surface area contributed by atoms with Crippen LogP contribution >= 0.6 is 24.0 Å². The highest BCUT2D eigenvalue weighted by Gasteiger charge is 2.38. The van der Waals surface area contributed by atoms with Gasteiger partial charge in [0.2, 0.25) is 0 Å². The summed E-state index contributed by atoms with van der Waals surface area (Å²) >= 11 is 0. The summed E-state index contributed by atoms with van der Waals surface area (Å²) in [6, 6.07) is 13.2. The molecule has 0 saturated carbocycles. The molecular weight excluding hydrogens is 417 g/mol. The lowest BCUT2D eigenvalue weighted by molar-refractivity contribution is 0.0479. The van der Waals surface area contributed by atoms with Crippen LogP contribution in [0.25, 0.3) is 0 Å². The lowest BCUT2D eigenvalue weighted by atomic mass is 10.1. The van der Waals surface area contributed by atoms with E-state index in [0.717, 1.165) is 18.5 Å². The number of anilines is 1. The largest absolute Gasteiger partial charge is 0.353 e. The molecule has 2 heterocycles. The van der Waals surface area contributed by atoms with Crippen LogP contribution in [0, 0.1) is 0 Å². The molecule has 0 bridgehead atoms. The van der Waals surface area contributed by atoms with Crippen molar-refractivity contribution in [2.75, 3.05) is 32.1 Å². The predicted octanol–water partition coefficient (Wildman–Crippen LogP) is 3.33. The van der Waals surface area contributed by atoms with Crippen LogP contribution in [-0.2, 0) is 4.74 Å². The Morgan fingerprint density at radius 3 is 2.62 bits per heavy atom. The van der Waals surface area contributed by atoms with E-state index in [9.17, 15) is 4.79 Å². The van der Waals surface area contributed by atoms with Gasteiger partial charge in [-0.05, 0) is 45.3 Å². The van der Waals surface area contributed by atoms with Gasteiger partial charge in [0.15, 0.2) is 6.23 Å². The normalized spacial score (nSPS) is 16.2. The van der Waals surface area contributed by atoms with E-state index in [1.54, 1.807) is 11.1 Å². The third-order valence-corrected chi connectivity index (χ3v) is 3.83. The van der Waals surface area contributed by atoms with E-state index in [1.165, 1.54) is 0 Å². The molecule has 128 valence electrons. The number of aromatic nitrogens is 1. The number of amides is 1. The van der Waals surface area contributed by atoms with Crippen molar-refractivity contribution >= 4 is 35.7 Å². The maximum atomic E-state index is 12.7. The first kappa shape index (κ1) is 18.8. The number of pyridine rings is 1. The van der Waals surface area contributed by atoms with Crippen molar-refractivity contribution in [3.05, 3.63) is 59.8 Å². The molecule has 6 heteroatoms. The van der Waals surface area contributed by atoms with E-state index in [-0.39, 0.29) is 29.9 Å². The average Bonchev–Trinajstić information content (AvgIpc) is 2.85. The maximum Gasteiger partial charge on any atom is 0.262 e. The van der Waals surface area contributed by atoms with Gasteiger partial charge in [-0.15, -0.1) is 24.0 Å². The third kappa shape index (κ3) is 3.93. The van der Waals surface area contributed by atoms with Crippen LogP contribution in [0.4, 0.5) is 5.82 Å². The highest BCUT2D eigenvalue weighted by atomic mass is 127. The number of fused-ring (bicyclic) bond motifs is 1. The quantitative estimate of drug-likeness (QED) is 0.512. The number of hydrogen-bond acceptors (Lipinski definition) is 4. The minimum absolute atomic E-state index is 0. The van der Waals surface area contributed by atoms with Gasteiger partial charge >= 0.3 is 0 Å². The van der Waals surface area contributed by atoms with Gasteiger partial charge in [0, 0.05) is 17.3 Å². The lowest BCUT2D eigenvalue weighted by Crippen LogP contribution is -2.30. The fourth-order valence-corrected chi connectivity index (χ4v) is 2.74. The zero-order chi connectivity index (χ0) is 16.2. The van der Waals surface area contributed by atoms with Crippen LogP contribution in [0.3, 0.4) is 0 Å².